The van der Waals surface area contributed by atoms with Crippen molar-refractivity contribution in [3.05, 3.63) is 29.3 Å². The summed E-state index contributed by atoms with van der Waals surface area (Å²) in [4.78, 5) is 60.8. The fraction of sp³-hybridized carbons (Fsp3) is 0.633. The topological polar surface area (TPSA) is 159 Å². The van der Waals surface area contributed by atoms with E-state index < -0.39 is 91.4 Å². The Morgan fingerprint density at radius 1 is 0.773 bits per heavy atom. The Morgan fingerprint density at radius 2 is 1.30 bits per heavy atom. The van der Waals surface area contributed by atoms with Gasteiger partial charge in [0.2, 0.25) is 0 Å². The molecule has 1 aromatic carbocycles. The van der Waals surface area contributed by atoms with Crippen molar-refractivity contribution in [2.75, 3.05) is 6.61 Å². The summed E-state index contributed by atoms with van der Waals surface area (Å²) in [6.45, 7) is 14.9. The second-order valence-corrected chi connectivity index (χ2v) is 11.9. The number of aryl methyl sites for hydroxylation is 1. The second-order valence-electron chi connectivity index (χ2n) is 11.9. The highest BCUT2D eigenvalue weighted by atomic mass is 16.7. The summed E-state index contributed by atoms with van der Waals surface area (Å²) >= 11 is 0. The highest BCUT2D eigenvalue weighted by Gasteiger charge is 2.56. The number of ether oxygens (including phenoxy) is 6. The zero-order valence-corrected chi connectivity index (χ0v) is 26.8. The normalized spacial score (nSPS) is 26.2. The van der Waals surface area contributed by atoms with Crippen molar-refractivity contribution in [1.82, 2.24) is 0 Å². The average Bonchev–Trinajstić information content (AvgIpc) is 3.09. The summed E-state index contributed by atoms with van der Waals surface area (Å²) in [7, 11) is -0.661. The lowest BCUT2D eigenvalue weighted by atomic mass is 9.77. The van der Waals surface area contributed by atoms with E-state index in [1.54, 1.807) is 19.1 Å². The fourth-order valence-corrected chi connectivity index (χ4v) is 5.14. The number of rotatable bonds is 9. The first-order chi connectivity index (χ1) is 20.3. The van der Waals surface area contributed by atoms with Gasteiger partial charge in [-0.1, -0.05) is 18.2 Å². The Hall–Kier alpha value is -3.49. The summed E-state index contributed by atoms with van der Waals surface area (Å²) in [5, 5.41) is 0. The molecule has 0 aliphatic carbocycles. The van der Waals surface area contributed by atoms with E-state index in [1.807, 2.05) is 33.8 Å². The van der Waals surface area contributed by atoms with Gasteiger partial charge in [-0.2, -0.15) is 0 Å². The molecule has 0 radical (unpaired) electrons. The molecule has 0 bridgehead atoms. The molecule has 1 aromatic rings. The van der Waals surface area contributed by atoms with Crippen LogP contribution in [0, 0.1) is 6.92 Å². The van der Waals surface area contributed by atoms with Gasteiger partial charge >= 0.3 is 37.0 Å². The lowest BCUT2D eigenvalue weighted by Crippen LogP contribution is -2.63. The summed E-state index contributed by atoms with van der Waals surface area (Å²) < 4.78 is 46.2. The minimum Gasteiger partial charge on any atom is -0.463 e. The summed E-state index contributed by atoms with van der Waals surface area (Å²) in [6, 6.07) is 5.28. The van der Waals surface area contributed by atoms with E-state index in [0.29, 0.717) is 16.6 Å². The molecule has 2 aliphatic heterocycles. The quantitative estimate of drug-likeness (QED) is 0.224. The number of hydrogen-bond acceptors (Lipinski definition) is 13. The Morgan fingerprint density at radius 3 is 1.77 bits per heavy atom. The van der Waals surface area contributed by atoms with Crippen LogP contribution in [0.15, 0.2) is 18.2 Å². The third kappa shape index (κ3) is 8.16. The molecule has 14 heteroatoms. The number of hydrogen-bond donors (Lipinski definition) is 0. The average molecular weight is 620 g/mol. The number of carbonyl (C=O) groups is 5. The van der Waals surface area contributed by atoms with Gasteiger partial charge in [-0.3, -0.25) is 24.0 Å². The van der Waals surface area contributed by atoms with Gasteiger partial charge in [0, 0.05) is 34.6 Å². The molecular formula is C30H41BO13. The Labute approximate surface area is 257 Å². The highest BCUT2D eigenvalue weighted by Crippen LogP contribution is 2.39. The van der Waals surface area contributed by atoms with E-state index >= 15 is 0 Å². The smallest absolute Gasteiger partial charge is 0.463 e. The first kappa shape index (κ1) is 35.0. The second kappa shape index (κ2) is 13.7. The Balaban J connectivity index is 2.12. The third-order valence-electron chi connectivity index (χ3n) is 7.74. The van der Waals surface area contributed by atoms with Crippen molar-refractivity contribution in [2.24, 2.45) is 0 Å². The molecule has 0 N–H and O–H groups in total. The van der Waals surface area contributed by atoms with Crippen molar-refractivity contribution in [1.29, 1.82) is 0 Å². The highest BCUT2D eigenvalue weighted by molar-refractivity contribution is 6.62. The molecule has 242 valence electrons. The predicted molar refractivity (Wildman–Crippen MR) is 153 cm³/mol. The molecule has 44 heavy (non-hydrogen) atoms. The van der Waals surface area contributed by atoms with E-state index in [4.69, 9.17) is 37.7 Å². The SMILES string of the molecule is CC(=O)OCC1O[C@H]([C@H](OC(C)=O)c2ccc(B3OC(C)(C)C(C)(C)O3)cc2C)C(OC(C)=O)[C@@H](OC(C)=O)[C@@H]1OC(C)=O. The standard InChI is InChI=1S/C30H41BO13/c1-15-13-21(31-43-29(7,8)30(9,10)44-31)11-12-22(15)24(38-17(3)33)26-28(41-20(6)36)27(40-19(5)35)25(39-18(4)34)23(42-26)14-37-16(2)32/h11-13,23-28H,14H2,1-10H3/t23?,24-,25-,26-,27+,28?/m1/s1. The maximum Gasteiger partial charge on any atom is 0.494 e. The van der Waals surface area contributed by atoms with Crippen LogP contribution >= 0.6 is 0 Å². The number of carbonyl (C=O) groups excluding carboxylic acids is 5. The van der Waals surface area contributed by atoms with Crippen LogP contribution in [-0.4, -0.2) is 85.3 Å². The molecule has 2 aliphatic rings. The molecule has 13 nitrogen and oxygen atoms in total. The van der Waals surface area contributed by atoms with Crippen LogP contribution in [0.25, 0.3) is 0 Å². The van der Waals surface area contributed by atoms with E-state index in [1.165, 1.54) is 13.8 Å². The van der Waals surface area contributed by atoms with Crippen molar-refractivity contribution in [3.8, 4) is 0 Å². The molecule has 0 aromatic heterocycles. The minimum absolute atomic E-state index is 0.416. The maximum absolute atomic E-state index is 12.4. The molecule has 2 saturated heterocycles. The van der Waals surface area contributed by atoms with Gasteiger partial charge in [0.1, 0.15) is 18.8 Å². The van der Waals surface area contributed by atoms with Crippen molar-refractivity contribution in [2.45, 2.75) is 117 Å². The maximum atomic E-state index is 12.4. The van der Waals surface area contributed by atoms with Crippen molar-refractivity contribution < 1.29 is 61.7 Å². The number of esters is 5. The fourth-order valence-electron chi connectivity index (χ4n) is 5.14. The summed E-state index contributed by atoms with van der Waals surface area (Å²) in [5.74, 6) is -3.63. The monoisotopic (exact) mass is 620 g/mol. The van der Waals surface area contributed by atoms with Crippen molar-refractivity contribution in [3.63, 3.8) is 0 Å². The van der Waals surface area contributed by atoms with Crippen LogP contribution in [0.5, 0.6) is 0 Å². The van der Waals surface area contributed by atoms with Gasteiger partial charge in [-0.15, -0.1) is 0 Å². The molecule has 2 heterocycles. The van der Waals surface area contributed by atoms with Crippen LogP contribution in [0.4, 0.5) is 0 Å². The van der Waals surface area contributed by atoms with Crippen LogP contribution in [-0.2, 0) is 61.7 Å². The molecule has 0 saturated carbocycles. The van der Waals surface area contributed by atoms with Gasteiger partial charge in [-0.05, 0) is 51.2 Å². The zero-order valence-electron chi connectivity index (χ0n) is 26.8. The van der Waals surface area contributed by atoms with E-state index in [0.717, 1.165) is 20.8 Å². The number of benzene rings is 1. The third-order valence-corrected chi connectivity index (χ3v) is 7.74. The molecule has 2 unspecified atom stereocenters. The Bertz CT molecular complexity index is 1260. The zero-order chi connectivity index (χ0) is 33.1. The van der Waals surface area contributed by atoms with Crippen LogP contribution in [0.2, 0.25) is 0 Å². The Kier molecular flexibility index (Phi) is 10.9. The first-order valence-electron chi connectivity index (χ1n) is 14.3. The van der Waals surface area contributed by atoms with Crippen LogP contribution in [0.3, 0.4) is 0 Å². The van der Waals surface area contributed by atoms with Gasteiger partial charge in [-0.25, -0.2) is 0 Å². The molecule has 2 fully saturated rings. The van der Waals surface area contributed by atoms with Gasteiger partial charge in [0.25, 0.3) is 0 Å². The van der Waals surface area contributed by atoms with Gasteiger partial charge in [0.05, 0.1) is 11.2 Å². The lowest BCUT2D eigenvalue weighted by Gasteiger charge is -2.46. The van der Waals surface area contributed by atoms with E-state index in [9.17, 15) is 24.0 Å². The van der Waals surface area contributed by atoms with Gasteiger partial charge < -0.3 is 37.7 Å². The molecule has 0 spiro atoms. The minimum atomic E-state index is -1.42. The predicted octanol–water partition coefficient (Wildman–Crippen LogP) is 2.02. The van der Waals surface area contributed by atoms with Crippen LogP contribution < -0.4 is 5.46 Å². The summed E-state index contributed by atoms with van der Waals surface area (Å²) in [6.07, 6.45) is -7.91. The molecule has 6 atom stereocenters. The summed E-state index contributed by atoms with van der Waals surface area (Å²) in [5.41, 5.74) is 0.697. The molecular weight excluding hydrogens is 579 g/mol. The van der Waals surface area contributed by atoms with E-state index in [-0.39, 0.29) is 0 Å². The molecule has 3 rings (SSSR count). The van der Waals surface area contributed by atoms with Crippen molar-refractivity contribution >= 4 is 42.4 Å². The largest absolute Gasteiger partial charge is 0.494 e. The van der Waals surface area contributed by atoms with E-state index in [2.05, 4.69) is 0 Å². The van der Waals surface area contributed by atoms with Gasteiger partial charge in [0.15, 0.2) is 24.4 Å². The molecule has 0 amide bonds. The van der Waals surface area contributed by atoms with Crippen LogP contribution in [0.1, 0.15) is 79.5 Å². The first-order valence-corrected chi connectivity index (χ1v) is 14.3. The lowest BCUT2D eigenvalue weighted by molar-refractivity contribution is -0.268.